The van der Waals surface area contributed by atoms with Crippen LogP contribution in [0.15, 0.2) is 0 Å². The Kier molecular flexibility index (Phi) is 4.54. The molecule has 1 heterocycles. The van der Waals surface area contributed by atoms with Crippen LogP contribution in [0.25, 0.3) is 0 Å². The summed E-state index contributed by atoms with van der Waals surface area (Å²) in [5.41, 5.74) is -0.495. The molecular formula is C14H25NO5S. The van der Waals surface area contributed by atoms with Crippen molar-refractivity contribution >= 4 is 16.2 Å². The molecule has 1 aliphatic heterocycles. The van der Waals surface area contributed by atoms with Gasteiger partial charge in [0.15, 0.2) is 0 Å². The van der Waals surface area contributed by atoms with E-state index in [0.29, 0.717) is 31.3 Å². The van der Waals surface area contributed by atoms with Gasteiger partial charge in [0.2, 0.25) is 0 Å². The van der Waals surface area contributed by atoms with E-state index < -0.39 is 15.7 Å². The van der Waals surface area contributed by atoms with E-state index in [1.807, 2.05) is 20.8 Å². The van der Waals surface area contributed by atoms with Crippen LogP contribution in [0.5, 0.6) is 0 Å². The number of nitrogens with zero attached hydrogens (tertiary/aromatic N) is 1. The lowest BCUT2D eigenvalue weighted by Crippen LogP contribution is -2.44. The van der Waals surface area contributed by atoms with E-state index in [1.165, 1.54) is 0 Å². The summed E-state index contributed by atoms with van der Waals surface area (Å²) < 4.78 is 32.9. The third-order valence-corrected chi connectivity index (χ3v) is 4.61. The maximum absolute atomic E-state index is 12.1. The van der Waals surface area contributed by atoms with Crippen LogP contribution in [0.4, 0.5) is 4.79 Å². The number of hydrogen-bond acceptors (Lipinski definition) is 5. The molecule has 1 aliphatic carbocycles. The zero-order chi connectivity index (χ0) is 15.8. The molecule has 6 nitrogen and oxygen atoms in total. The first kappa shape index (κ1) is 16.5. The normalized spacial score (nSPS) is 30.1. The quantitative estimate of drug-likeness (QED) is 0.728. The van der Waals surface area contributed by atoms with E-state index in [2.05, 4.69) is 0 Å². The van der Waals surface area contributed by atoms with Gasteiger partial charge in [-0.3, -0.25) is 4.18 Å². The summed E-state index contributed by atoms with van der Waals surface area (Å²) in [6.45, 7) is 6.85. The number of rotatable bonds is 2. The van der Waals surface area contributed by atoms with Crippen LogP contribution >= 0.6 is 0 Å². The highest BCUT2D eigenvalue weighted by molar-refractivity contribution is 7.86. The predicted octanol–water partition coefficient (Wildman–Crippen LogP) is 2.00. The van der Waals surface area contributed by atoms with E-state index in [1.54, 1.807) is 4.90 Å². The number of carbonyl (C=O) groups excluding carboxylic acids is 1. The summed E-state index contributed by atoms with van der Waals surface area (Å²) in [7, 11) is -3.41. The summed E-state index contributed by atoms with van der Waals surface area (Å²) in [5.74, 6) is 0.744. The van der Waals surface area contributed by atoms with Gasteiger partial charge in [-0.15, -0.1) is 0 Å². The van der Waals surface area contributed by atoms with Gasteiger partial charge in [0, 0.05) is 13.1 Å². The number of ether oxygens (including phenoxy) is 1. The lowest BCUT2D eigenvalue weighted by Gasteiger charge is -2.35. The van der Waals surface area contributed by atoms with E-state index in [4.69, 9.17) is 8.92 Å². The summed E-state index contributed by atoms with van der Waals surface area (Å²) in [6.07, 6.45) is 2.90. The molecule has 2 aliphatic rings. The zero-order valence-corrected chi connectivity index (χ0v) is 14.0. The van der Waals surface area contributed by atoms with Crippen LogP contribution < -0.4 is 0 Å². The molecule has 1 saturated heterocycles. The molecule has 7 heteroatoms. The standard InChI is InChI=1S/C14H25NO5S/c1-14(2,3)19-13(16)15-6-5-10-7-12(8-11(10)9-15)20-21(4,17)18/h10-12H,5-9H2,1-4H3/t10-,11-,12?/m0/s1. The molecule has 0 N–H and O–H groups in total. The van der Waals surface area contributed by atoms with Crippen LogP contribution in [0.2, 0.25) is 0 Å². The van der Waals surface area contributed by atoms with Crippen LogP contribution in [0, 0.1) is 11.8 Å². The second-order valence-electron chi connectivity index (χ2n) is 7.13. The first-order valence-electron chi connectivity index (χ1n) is 7.40. The number of fused-ring (bicyclic) bond motifs is 1. The minimum atomic E-state index is -3.41. The van der Waals surface area contributed by atoms with Gasteiger partial charge >= 0.3 is 6.09 Å². The van der Waals surface area contributed by atoms with Crippen LogP contribution in [-0.2, 0) is 19.0 Å². The van der Waals surface area contributed by atoms with E-state index in [-0.39, 0.29) is 12.2 Å². The molecule has 0 radical (unpaired) electrons. The fourth-order valence-electron chi connectivity index (χ4n) is 3.25. The minimum absolute atomic E-state index is 0.242. The number of carbonyl (C=O) groups is 1. The van der Waals surface area contributed by atoms with Gasteiger partial charge < -0.3 is 9.64 Å². The Labute approximate surface area is 126 Å². The highest BCUT2D eigenvalue weighted by Crippen LogP contribution is 2.40. The van der Waals surface area contributed by atoms with Gasteiger partial charge in [0.05, 0.1) is 12.4 Å². The van der Waals surface area contributed by atoms with Gasteiger partial charge in [-0.1, -0.05) is 0 Å². The summed E-state index contributed by atoms with van der Waals surface area (Å²) in [6, 6.07) is 0. The molecule has 122 valence electrons. The maximum Gasteiger partial charge on any atom is 0.410 e. The van der Waals surface area contributed by atoms with Crippen LogP contribution in [0.3, 0.4) is 0 Å². The molecule has 0 aromatic heterocycles. The molecule has 1 unspecified atom stereocenters. The molecule has 1 saturated carbocycles. The van der Waals surface area contributed by atoms with Crippen molar-refractivity contribution in [2.75, 3.05) is 19.3 Å². The fourth-order valence-corrected chi connectivity index (χ4v) is 3.90. The van der Waals surface area contributed by atoms with E-state index in [0.717, 1.165) is 19.1 Å². The smallest absolute Gasteiger partial charge is 0.410 e. The third kappa shape index (κ3) is 4.85. The average molecular weight is 319 g/mol. The van der Waals surface area contributed by atoms with Crippen molar-refractivity contribution in [3.63, 3.8) is 0 Å². The van der Waals surface area contributed by atoms with Crippen LogP contribution in [-0.4, -0.2) is 50.5 Å². The fraction of sp³-hybridized carbons (Fsp3) is 0.929. The Morgan fingerprint density at radius 3 is 2.38 bits per heavy atom. The Morgan fingerprint density at radius 1 is 1.19 bits per heavy atom. The molecule has 21 heavy (non-hydrogen) atoms. The lowest BCUT2D eigenvalue weighted by molar-refractivity contribution is 0.0127. The maximum atomic E-state index is 12.1. The molecule has 2 rings (SSSR count). The average Bonchev–Trinajstić information content (AvgIpc) is 2.64. The summed E-state index contributed by atoms with van der Waals surface area (Å²) in [4.78, 5) is 13.8. The first-order chi connectivity index (χ1) is 9.53. The minimum Gasteiger partial charge on any atom is -0.444 e. The highest BCUT2D eigenvalue weighted by Gasteiger charge is 2.41. The molecular weight excluding hydrogens is 294 g/mol. The Bertz CT molecular complexity index is 496. The predicted molar refractivity (Wildman–Crippen MR) is 78.4 cm³/mol. The number of likely N-dealkylation sites (tertiary alicyclic amines) is 1. The summed E-state index contributed by atoms with van der Waals surface area (Å²) >= 11 is 0. The number of amides is 1. The Balaban J connectivity index is 1.91. The lowest BCUT2D eigenvalue weighted by atomic mass is 9.89. The van der Waals surface area contributed by atoms with Crippen molar-refractivity contribution in [1.29, 1.82) is 0 Å². The Morgan fingerprint density at radius 2 is 1.81 bits per heavy atom. The van der Waals surface area contributed by atoms with Gasteiger partial charge in [-0.2, -0.15) is 8.42 Å². The number of hydrogen-bond donors (Lipinski definition) is 0. The van der Waals surface area contributed by atoms with Crippen molar-refractivity contribution in [2.45, 2.75) is 51.7 Å². The molecule has 0 bridgehead atoms. The second-order valence-corrected chi connectivity index (χ2v) is 8.73. The monoisotopic (exact) mass is 319 g/mol. The largest absolute Gasteiger partial charge is 0.444 e. The van der Waals surface area contributed by atoms with Crippen molar-refractivity contribution < 1.29 is 22.1 Å². The zero-order valence-electron chi connectivity index (χ0n) is 13.2. The molecule has 0 spiro atoms. The van der Waals surface area contributed by atoms with Crippen molar-refractivity contribution in [3.8, 4) is 0 Å². The molecule has 1 amide bonds. The van der Waals surface area contributed by atoms with Gasteiger partial charge in [-0.05, 0) is 51.9 Å². The molecule has 0 aromatic carbocycles. The van der Waals surface area contributed by atoms with E-state index in [9.17, 15) is 13.2 Å². The third-order valence-electron chi connectivity index (χ3n) is 3.99. The van der Waals surface area contributed by atoms with Crippen molar-refractivity contribution in [1.82, 2.24) is 4.90 Å². The SMILES string of the molecule is CC(C)(C)OC(=O)N1CC[C@H]2CC(OS(C)(=O)=O)C[C@H]2C1. The highest BCUT2D eigenvalue weighted by atomic mass is 32.2. The summed E-state index contributed by atoms with van der Waals surface area (Å²) in [5, 5.41) is 0. The Hall–Kier alpha value is -0.820. The molecule has 2 fully saturated rings. The van der Waals surface area contributed by atoms with Gasteiger partial charge in [-0.25, -0.2) is 4.79 Å². The molecule has 0 aromatic rings. The first-order valence-corrected chi connectivity index (χ1v) is 9.21. The second kappa shape index (κ2) is 5.76. The molecule has 3 atom stereocenters. The number of piperidine rings is 1. The van der Waals surface area contributed by atoms with Crippen molar-refractivity contribution in [3.05, 3.63) is 0 Å². The van der Waals surface area contributed by atoms with Crippen molar-refractivity contribution in [2.24, 2.45) is 11.8 Å². The topological polar surface area (TPSA) is 72.9 Å². The van der Waals surface area contributed by atoms with Gasteiger partial charge in [0.25, 0.3) is 10.1 Å². The van der Waals surface area contributed by atoms with Gasteiger partial charge in [0.1, 0.15) is 5.60 Å². The van der Waals surface area contributed by atoms with Crippen LogP contribution in [0.1, 0.15) is 40.0 Å². The van der Waals surface area contributed by atoms with E-state index >= 15 is 0 Å².